The van der Waals surface area contributed by atoms with Crippen LogP contribution in [-0.2, 0) is 6.54 Å². The van der Waals surface area contributed by atoms with Crippen LogP contribution in [0.5, 0.6) is 17.2 Å². The van der Waals surface area contributed by atoms with E-state index in [1.807, 2.05) is 0 Å². The maximum absolute atomic E-state index is 13.9. The first-order valence-electron chi connectivity index (χ1n) is 10.6. The number of alkyl halides is 3. The lowest BCUT2D eigenvalue weighted by molar-refractivity contribution is -0.173. The molecule has 2 atom stereocenters. The van der Waals surface area contributed by atoms with Gasteiger partial charge in [0.05, 0.1) is 19.3 Å². The van der Waals surface area contributed by atoms with Crippen molar-refractivity contribution in [3.05, 3.63) is 65.4 Å². The SMILES string of the molecule is COc1ccccc1[C@H]1C[C@@H](C(F)(F)F)n2ncc(C(=O)NCc3ccc4c(c3)OCO4)c2N1. The van der Waals surface area contributed by atoms with Crippen LogP contribution in [0.15, 0.2) is 48.7 Å². The second-order valence-electron chi connectivity index (χ2n) is 7.95. The minimum absolute atomic E-state index is 0.00710. The lowest BCUT2D eigenvalue weighted by Crippen LogP contribution is -2.36. The number of ether oxygens (including phenoxy) is 3. The van der Waals surface area contributed by atoms with Gasteiger partial charge in [0.25, 0.3) is 5.91 Å². The molecule has 2 aromatic carbocycles. The first kappa shape index (κ1) is 21.9. The van der Waals surface area contributed by atoms with Crippen molar-refractivity contribution in [1.29, 1.82) is 0 Å². The Bertz CT molecular complexity index is 1230. The highest BCUT2D eigenvalue weighted by Gasteiger charge is 2.47. The summed E-state index contributed by atoms with van der Waals surface area (Å²) in [4.78, 5) is 12.9. The summed E-state index contributed by atoms with van der Waals surface area (Å²) in [7, 11) is 1.46. The molecular weight excluding hydrogens is 453 g/mol. The molecule has 0 saturated carbocycles. The molecule has 2 aliphatic heterocycles. The van der Waals surface area contributed by atoms with E-state index < -0.39 is 24.2 Å². The molecule has 0 fully saturated rings. The molecule has 1 amide bonds. The third-order valence-electron chi connectivity index (χ3n) is 5.89. The number of para-hydroxylation sites is 1. The molecule has 3 heterocycles. The molecule has 3 aromatic rings. The molecule has 0 spiro atoms. The highest BCUT2D eigenvalue weighted by atomic mass is 19.4. The summed E-state index contributed by atoms with van der Waals surface area (Å²) in [5.74, 6) is 1.11. The minimum atomic E-state index is -4.55. The number of fused-ring (bicyclic) bond motifs is 2. The molecule has 0 radical (unpaired) electrons. The number of anilines is 1. The van der Waals surface area contributed by atoms with Crippen LogP contribution in [0.1, 0.15) is 40.0 Å². The van der Waals surface area contributed by atoms with Crippen molar-refractivity contribution in [1.82, 2.24) is 15.1 Å². The second kappa shape index (κ2) is 8.47. The molecule has 2 aliphatic rings. The molecule has 2 N–H and O–H groups in total. The van der Waals surface area contributed by atoms with Gasteiger partial charge in [-0.1, -0.05) is 24.3 Å². The molecule has 11 heteroatoms. The number of aromatic nitrogens is 2. The van der Waals surface area contributed by atoms with Gasteiger partial charge in [0.2, 0.25) is 6.79 Å². The molecule has 8 nitrogen and oxygen atoms in total. The zero-order valence-corrected chi connectivity index (χ0v) is 18.1. The fourth-order valence-electron chi connectivity index (χ4n) is 4.22. The first-order chi connectivity index (χ1) is 16.3. The summed E-state index contributed by atoms with van der Waals surface area (Å²) >= 11 is 0. The Morgan fingerprint density at radius 1 is 1.24 bits per heavy atom. The van der Waals surface area contributed by atoms with Crippen LogP contribution in [-0.4, -0.2) is 35.8 Å². The van der Waals surface area contributed by atoms with E-state index in [2.05, 4.69) is 15.7 Å². The average molecular weight is 474 g/mol. The van der Waals surface area contributed by atoms with E-state index in [9.17, 15) is 18.0 Å². The summed E-state index contributed by atoms with van der Waals surface area (Å²) < 4.78 is 58.6. The maximum Gasteiger partial charge on any atom is 0.410 e. The summed E-state index contributed by atoms with van der Waals surface area (Å²) in [6.45, 7) is 0.284. The van der Waals surface area contributed by atoms with E-state index in [0.717, 1.165) is 16.4 Å². The van der Waals surface area contributed by atoms with Gasteiger partial charge in [-0.05, 0) is 23.8 Å². The Kier molecular flexibility index (Phi) is 5.46. The van der Waals surface area contributed by atoms with Crippen LogP contribution in [0.25, 0.3) is 0 Å². The van der Waals surface area contributed by atoms with Gasteiger partial charge in [0, 0.05) is 18.5 Å². The number of hydrogen-bond donors (Lipinski definition) is 2. The normalized spacial score (nSPS) is 18.7. The van der Waals surface area contributed by atoms with Crippen molar-refractivity contribution in [3.8, 4) is 17.2 Å². The zero-order chi connectivity index (χ0) is 23.9. The number of carbonyl (C=O) groups is 1. The monoisotopic (exact) mass is 474 g/mol. The highest BCUT2D eigenvalue weighted by molar-refractivity contribution is 5.98. The lowest BCUT2D eigenvalue weighted by Gasteiger charge is -2.34. The first-order valence-corrected chi connectivity index (χ1v) is 10.6. The fraction of sp³-hybridized carbons (Fsp3) is 0.304. The number of halogens is 3. The van der Waals surface area contributed by atoms with E-state index in [0.29, 0.717) is 22.8 Å². The van der Waals surface area contributed by atoms with Gasteiger partial charge in [-0.15, -0.1) is 0 Å². The number of nitrogens with one attached hydrogen (secondary N) is 2. The van der Waals surface area contributed by atoms with E-state index in [4.69, 9.17) is 14.2 Å². The molecule has 0 saturated heterocycles. The van der Waals surface area contributed by atoms with Crippen LogP contribution >= 0.6 is 0 Å². The predicted molar refractivity (Wildman–Crippen MR) is 115 cm³/mol. The van der Waals surface area contributed by atoms with Crippen molar-refractivity contribution >= 4 is 11.7 Å². The number of rotatable bonds is 5. The summed E-state index contributed by atoms with van der Waals surface area (Å²) in [6.07, 6.45) is -3.69. The summed E-state index contributed by atoms with van der Waals surface area (Å²) in [5.41, 5.74) is 1.35. The van der Waals surface area contributed by atoms with Crippen molar-refractivity contribution < 1.29 is 32.2 Å². The van der Waals surface area contributed by atoms with Crippen LogP contribution in [0, 0.1) is 0 Å². The van der Waals surface area contributed by atoms with E-state index in [1.54, 1.807) is 42.5 Å². The van der Waals surface area contributed by atoms with E-state index in [-0.39, 0.29) is 31.1 Å². The van der Waals surface area contributed by atoms with Gasteiger partial charge in [0.15, 0.2) is 17.5 Å². The molecule has 0 aliphatic carbocycles. The van der Waals surface area contributed by atoms with Gasteiger partial charge < -0.3 is 24.8 Å². The molecule has 0 bridgehead atoms. The molecule has 5 rings (SSSR count). The predicted octanol–water partition coefficient (Wildman–Crippen LogP) is 4.21. The zero-order valence-electron chi connectivity index (χ0n) is 18.1. The largest absolute Gasteiger partial charge is 0.496 e. The van der Waals surface area contributed by atoms with Gasteiger partial charge in [-0.3, -0.25) is 4.79 Å². The van der Waals surface area contributed by atoms with Gasteiger partial charge in [0.1, 0.15) is 17.1 Å². The van der Waals surface area contributed by atoms with Crippen molar-refractivity contribution in [2.24, 2.45) is 0 Å². The van der Waals surface area contributed by atoms with Gasteiger partial charge in [-0.2, -0.15) is 18.3 Å². The van der Waals surface area contributed by atoms with Crippen molar-refractivity contribution in [2.75, 3.05) is 19.2 Å². The number of amides is 1. The van der Waals surface area contributed by atoms with Crippen LogP contribution in [0.2, 0.25) is 0 Å². The Labute approximate surface area is 192 Å². The standard InChI is InChI=1S/C23H21F3N4O4/c1-32-17-5-3-2-4-14(17)16-9-20(23(24,25)26)30-21(29-16)15(11-28-30)22(31)27-10-13-6-7-18-19(8-13)34-12-33-18/h2-8,11,16,20,29H,9-10,12H2,1H3,(H,27,31)/t16-,20+/m1/s1. The van der Waals surface area contributed by atoms with Gasteiger partial charge >= 0.3 is 6.18 Å². The lowest BCUT2D eigenvalue weighted by atomic mass is 9.95. The third kappa shape index (κ3) is 3.97. The van der Waals surface area contributed by atoms with E-state index in [1.165, 1.54) is 7.11 Å². The Hall–Kier alpha value is -3.89. The van der Waals surface area contributed by atoms with Crippen LogP contribution < -0.4 is 24.8 Å². The smallest absolute Gasteiger partial charge is 0.410 e. The molecule has 1 aromatic heterocycles. The van der Waals surface area contributed by atoms with Gasteiger partial charge in [-0.25, -0.2) is 4.68 Å². The molecule has 0 unspecified atom stereocenters. The summed E-state index contributed by atoms with van der Waals surface area (Å²) in [6, 6.07) is 9.49. The summed E-state index contributed by atoms with van der Waals surface area (Å²) in [5, 5.41) is 9.72. The molecular formula is C23H21F3N4O4. The van der Waals surface area contributed by atoms with Crippen molar-refractivity contribution in [3.63, 3.8) is 0 Å². The second-order valence-corrected chi connectivity index (χ2v) is 7.95. The number of nitrogens with zero attached hydrogens (tertiary/aromatic N) is 2. The number of carbonyl (C=O) groups excluding carboxylic acids is 1. The number of methoxy groups -OCH3 is 1. The topological polar surface area (TPSA) is 86.6 Å². The average Bonchev–Trinajstić information content (AvgIpc) is 3.47. The minimum Gasteiger partial charge on any atom is -0.496 e. The number of hydrogen-bond acceptors (Lipinski definition) is 6. The number of benzene rings is 2. The van der Waals surface area contributed by atoms with Crippen molar-refractivity contribution in [2.45, 2.75) is 31.2 Å². The Balaban J connectivity index is 1.41. The third-order valence-corrected chi connectivity index (χ3v) is 5.89. The fourth-order valence-corrected chi connectivity index (χ4v) is 4.22. The van der Waals surface area contributed by atoms with Crippen LogP contribution in [0.3, 0.4) is 0 Å². The highest BCUT2D eigenvalue weighted by Crippen LogP contribution is 2.45. The Morgan fingerprint density at radius 3 is 2.82 bits per heavy atom. The quantitative estimate of drug-likeness (QED) is 0.576. The molecule has 178 valence electrons. The van der Waals surface area contributed by atoms with E-state index >= 15 is 0 Å². The maximum atomic E-state index is 13.9. The Morgan fingerprint density at radius 2 is 2.03 bits per heavy atom. The molecule has 34 heavy (non-hydrogen) atoms. The van der Waals surface area contributed by atoms with Crippen LogP contribution in [0.4, 0.5) is 19.0 Å².